The summed E-state index contributed by atoms with van der Waals surface area (Å²) in [5.74, 6) is 2.68. The lowest BCUT2D eigenvalue weighted by Gasteiger charge is -2.30. The van der Waals surface area contributed by atoms with Gasteiger partial charge in [-0.25, -0.2) is 0 Å². The molecular formula is C24H42N4O2. The average Bonchev–Trinajstić information content (AvgIpc) is 2.75. The topological polar surface area (TPSA) is 58.1 Å². The van der Waals surface area contributed by atoms with E-state index in [2.05, 4.69) is 52.6 Å². The van der Waals surface area contributed by atoms with Crippen LogP contribution in [0.25, 0.3) is 0 Å². The maximum atomic E-state index is 5.98. The molecule has 1 fully saturated rings. The lowest BCUT2D eigenvalue weighted by molar-refractivity contribution is 0.171. The lowest BCUT2D eigenvalue weighted by atomic mass is 9.99. The van der Waals surface area contributed by atoms with Crippen LogP contribution in [-0.2, 0) is 11.3 Å². The Kier molecular flexibility index (Phi) is 11.6. The number of likely N-dealkylation sites (tertiary alicyclic amines) is 1. The van der Waals surface area contributed by atoms with Gasteiger partial charge in [-0.3, -0.25) is 4.99 Å². The first-order valence-electron chi connectivity index (χ1n) is 11.5. The number of unbranched alkanes of at least 4 members (excludes halogenated alkanes) is 1. The van der Waals surface area contributed by atoms with Gasteiger partial charge in [0.25, 0.3) is 0 Å². The number of guanidine groups is 1. The molecule has 6 nitrogen and oxygen atoms in total. The molecule has 1 aliphatic rings. The number of ether oxygens (including phenoxy) is 2. The van der Waals surface area contributed by atoms with Crippen molar-refractivity contribution in [2.75, 3.05) is 53.6 Å². The number of nitrogens with zero attached hydrogens (tertiary/aromatic N) is 2. The smallest absolute Gasteiger partial charge is 0.191 e. The number of benzene rings is 1. The molecule has 2 rings (SSSR count). The Labute approximate surface area is 183 Å². The summed E-state index contributed by atoms with van der Waals surface area (Å²) in [6, 6.07) is 6.35. The molecule has 1 saturated heterocycles. The number of rotatable bonds is 12. The van der Waals surface area contributed by atoms with E-state index >= 15 is 0 Å². The number of hydrogen-bond donors (Lipinski definition) is 2. The van der Waals surface area contributed by atoms with E-state index in [1.807, 2.05) is 7.05 Å². The molecule has 2 N–H and O–H groups in total. The van der Waals surface area contributed by atoms with Gasteiger partial charge < -0.3 is 25.0 Å². The van der Waals surface area contributed by atoms with E-state index in [1.54, 1.807) is 7.11 Å². The lowest BCUT2D eigenvalue weighted by Crippen LogP contribution is -2.38. The zero-order valence-electron chi connectivity index (χ0n) is 19.5. The van der Waals surface area contributed by atoms with Gasteiger partial charge in [0.15, 0.2) is 5.96 Å². The first-order chi connectivity index (χ1) is 14.6. The van der Waals surface area contributed by atoms with Crippen LogP contribution in [-0.4, -0.2) is 64.4 Å². The number of aryl methyl sites for hydroxylation is 1. The summed E-state index contributed by atoms with van der Waals surface area (Å²) >= 11 is 0. The minimum Gasteiger partial charge on any atom is -0.493 e. The second kappa shape index (κ2) is 14.3. The Bertz CT molecular complexity index is 628. The minimum absolute atomic E-state index is 0.660. The Hall–Kier alpha value is -1.79. The van der Waals surface area contributed by atoms with Crippen molar-refractivity contribution in [3.05, 3.63) is 29.3 Å². The van der Waals surface area contributed by atoms with Gasteiger partial charge in [0.1, 0.15) is 5.75 Å². The molecule has 0 unspecified atom stereocenters. The van der Waals surface area contributed by atoms with Crippen LogP contribution in [0.1, 0.15) is 50.2 Å². The van der Waals surface area contributed by atoms with E-state index < -0.39 is 0 Å². The fourth-order valence-corrected chi connectivity index (χ4v) is 3.68. The maximum absolute atomic E-state index is 5.98. The van der Waals surface area contributed by atoms with Crippen LogP contribution in [0.3, 0.4) is 0 Å². The number of aliphatic imine (C=N–C) groups is 1. The fourth-order valence-electron chi connectivity index (χ4n) is 3.68. The quantitative estimate of drug-likeness (QED) is 0.309. The van der Waals surface area contributed by atoms with Crippen LogP contribution in [0.4, 0.5) is 0 Å². The third-order valence-corrected chi connectivity index (χ3v) is 5.71. The van der Waals surface area contributed by atoms with Crippen molar-refractivity contribution < 1.29 is 9.47 Å². The summed E-state index contributed by atoms with van der Waals surface area (Å²) in [6.45, 7) is 11.2. The molecule has 1 heterocycles. The molecule has 170 valence electrons. The van der Waals surface area contributed by atoms with Crippen LogP contribution in [0.5, 0.6) is 5.75 Å². The zero-order valence-corrected chi connectivity index (χ0v) is 19.5. The minimum atomic E-state index is 0.660. The van der Waals surface area contributed by atoms with E-state index in [9.17, 15) is 0 Å². The van der Waals surface area contributed by atoms with Crippen molar-refractivity contribution in [2.45, 2.75) is 52.5 Å². The van der Waals surface area contributed by atoms with Crippen LogP contribution >= 0.6 is 0 Å². The SMILES string of the molecule is CN=C(NCCCCN1CCC(C)CC1)NCc1ccc(C)cc1OCCCOC. The van der Waals surface area contributed by atoms with Gasteiger partial charge in [0.2, 0.25) is 0 Å². The van der Waals surface area contributed by atoms with Gasteiger partial charge in [0.05, 0.1) is 6.61 Å². The first kappa shape index (κ1) is 24.5. The second-order valence-electron chi connectivity index (χ2n) is 8.39. The number of piperidine rings is 1. The number of hydrogen-bond acceptors (Lipinski definition) is 4. The molecule has 0 aliphatic carbocycles. The molecule has 1 aromatic carbocycles. The van der Waals surface area contributed by atoms with Crippen LogP contribution in [0, 0.1) is 12.8 Å². The van der Waals surface area contributed by atoms with Crippen molar-refractivity contribution in [1.29, 1.82) is 0 Å². The summed E-state index contributed by atoms with van der Waals surface area (Å²) in [7, 11) is 3.54. The summed E-state index contributed by atoms with van der Waals surface area (Å²) in [5, 5.41) is 6.85. The normalized spacial score (nSPS) is 15.9. The van der Waals surface area contributed by atoms with E-state index in [4.69, 9.17) is 9.47 Å². The highest BCUT2D eigenvalue weighted by Gasteiger charge is 2.14. The van der Waals surface area contributed by atoms with E-state index in [-0.39, 0.29) is 0 Å². The highest BCUT2D eigenvalue weighted by molar-refractivity contribution is 5.79. The number of nitrogens with one attached hydrogen (secondary N) is 2. The van der Waals surface area contributed by atoms with Crippen LogP contribution in [0.15, 0.2) is 23.2 Å². The maximum Gasteiger partial charge on any atom is 0.191 e. The van der Waals surface area contributed by atoms with Gasteiger partial charge in [-0.15, -0.1) is 0 Å². The summed E-state index contributed by atoms with van der Waals surface area (Å²) in [5.41, 5.74) is 2.34. The predicted octanol–water partition coefficient (Wildman–Crippen LogP) is 3.59. The van der Waals surface area contributed by atoms with E-state index in [0.29, 0.717) is 19.8 Å². The number of methoxy groups -OCH3 is 1. The summed E-state index contributed by atoms with van der Waals surface area (Å²) in [4.78, 5) is 6.97. The third kappa shape index (κ3) is 9.35. The Balaban J connectivity index is 1.68. The fraction of sp³-hybridized carbons (Fsp3) is 0.708. The second-order valence-corrected chi connectivity index (χ2v) is 8.39. The Morgan fingerprint density at radius 3 is 2.67 bits per heavy atom. The molecule has 1 aromatic rings. The molecule has 1 aliphatic heterocycles. The molecule has 0 radical (unpaired) electrons. The highest BCUT2D eigenvalue weighted by atomic mass is 16.5. The van der Waals surface area contributed by atoms with E-state index in [1.165, 1.54) is 44.5 Å². The standard InChI is InChI=1S/C24H42N4O2/c1-20-10-14-28(15-11-20)13-6-5-12-26-24(25-3)27-19-22-9-8-21(2)18-23(22)30-17-7-16-29-4/h8-9,18,20H,5-7,10-17,19H2,1-4H3,(H2,25,26,27). The Morgan fingerprint density at radius 1 is 1.13 bits per heavy atom. The monoisotopic (exact) mass is 418 g/mol. The van der Waals surface area contributed by atoms with Crippen LogP contribution in [0.2, 0.25) is 0 Å². The molecule has 0 saturated carbocycles. The summed E-state index contributed by atoms with van der Waals surface area (Å²) < 4.78 is 11.1. The van der Waals surface area contributed by atoms with Gasteiger partial charge in [-0.05, 0) is 69.8 Å². The van der Waals surface area contributed by atoms with Crippen molar-refractivity contribution in [1.82, 2.24) is 15.5 Å². The van der Waals surface area contributed by atoms with Crippen molar-refractivity contribution in [3.63, 3.8) is 0 Å². The molecule has 0 spiro atoms. The van der Waals surface area contributed by atoms with Crippen LogP contribution < -0.4 is 15.4 Å². The molecule has 0 aromatic heterocycles. The highest BCUT2D eigenvalue weighted by Crippen LogP contribution is 2.20. The third-order valence-electron chi connectivity index (χ3n) is 5.71. The Morgan fingerprint density at radius 2 is 1.93 bits per heavy atom. The summed E-state index contributed by atoms with van der Waals surface area (Å²) in [6.07, 6.45) is 5.98. The van der Waals surface area contributed by atoms with Gasteiger partial charge in [-0.1, -0.05) is 19.1 Å². The van der Waals surface area contributed by atoms with E-state index in [0.717, 1.165) is 42.6 Å². The van der Waals surface area contributed by atoms with Crippen molar-refractivity contribution >= 4 is 5.96 Å². The molecule has 6 heteroatoms. The molecule has 30 heavy (non-hydrogen) atoms. The zero-order chi connectivity index (χ0) is 21.6. The van der Waals surface area contributed by atoms with Gasteiger partial charge >= 0.3 is 0 Å². The van der Waals surface area contributed by atoms with Gasteiger partial charge in [-0.2, -0.15) is 0 Å². The first-order valence-corrected chi connectivity index (χ1v) is 11.5. The average molecular weight is 419 g/mol. The molecule has 0 atom stereocenters. The largest absolute Gasteiger partial charge is 0.493 e. The van der Waals surface area contributed by atoms with Crippen molar-refractivity contribution in [2.24, 2.45) is 10.9 Å². The van der Waals surface area contributed by atoms with Gasteiger partial charge in [0, 0.05) is 45.8 Å². The van der Waals surface area contributed by atoms with Crippen molar-refractivity contribution in [3.8, 4) is 5.75 Å². The molecule has 0 amide bonds. The predicted molar refractivity (Wildman–Crippen MR) is 125 cm³/mol. The molecular weight excluding hydrogens is 376 g/mol. The molecule has 0 bridgehead atoms.